The summed E-state index contributed by atoms with van der Waals surface area (Å²) < 4.78 is 0. The van der Waals surface area contributed by atoms with Crippen molar-refractivity contribution in [3.8, 4) is 11.1 Å². The van der Waals surface area contributed by atoms with Gasteiger partial charge in [-0.15, -0.1) is 0 Å². The average Bonchev–Trinajstić information content (AvgIpc) is 2.76. The number of benzene rings is 4. The summed E-state index contributed by atoms with van der Waals surface area (Å²) in [5.41, 5.74) is 3.69. The summed E-state index contributed by atoms with van der Waals surface area (Å²) >= 11 is 0. The quantitative estimate of drug-likeness (QED) is 0.395. The zero-order valence-electron chi connectivity index (χ0n) is 15.1. The maximum atomic E-state index is 4.01. The minimum Gasteiger partial charge on any atom is -0.0984 e. The molecule has 4 rings (SSSR count). The van der Waals surface area contributed by atoms with Gasteiger partial charge in [-0.05, 0) is 40.5 Å². The minimum atomic E-state index is -0.642. The molecular weight excluding hydrogens is 343 g/mol. The van der Waals surface area contributed by atoms with Gasteiger partial charge in [-0.3, -0.25) is 0 Å². The second kappa shape index (κ2) is 8.16. The molecule has 130 valence electrons. The Bertz CT molecular complexity index is 996. The van der Waals surface area contributed by atoms with E-state index in [4.69, 9.17) is 0 Å². The van der Waals surface area contributed by atoms with Gasteiger partial charge in [0.25, 0.3) is 0 Å². The SMILES string of the molecule is C=Cc1ccccc1-c1ccccc1P(c1ccccc1)c1ccccc1. The summed E-state index contributed by atoms with van der Waals surface area (Å²) in [6.45, 7) is 4.01. The molecule has 0 saturated heterocycles. The normalized spacial score (nSPS) is 10.7. The zero-order valence-corrected chi connectivity index (χ0v) is 16.0. The minimum absolute atomic E-state index is 0.642. The molecule has 4 aromatic rings. The van der Waals surface area contributed by atoms with Gasteiger partial charge in [-0.1, -0.05) is 122 Å². The van der Waals surface area contributed by atoms with E-state index >= 15 is 0 Å². The molecule has 0 amide bonds. The molecule has 1 heteroatoms. The summed E-state index contributed by atoms with van der Waals surface area (Å²) in [4.78, 5) is 0. The van der Waals surface area contributed by atoms with Crippen molar-refractivity contribution in [3.63, 3.8) is 0 Å². The Morgan fingerprint density at radius 1 is 0.519 bits per heavy atom. The number of rotatable bonds is 5. The molecule has 0 N–H and O–H groups in total. The van der Waals surface area contributed by atoms with Crippen LogP contribution in [0.4, 0.5) is 0 Å². The van der Waals surface area contributed by atoms with Gasteiger partial charge in [-0.2, -0.15) is 0 Å². The maximum absolute atomic E-state index is 4.01. The van der Waals surface area contributed by atoms with Crippen molar-refractivity contribution < 1.29 is 0 Å². The van der Waals surface area contributed by atoms with E-state index in [9.17, 15) is 0 Å². The molecular formula is C26H21P. The fourth-order valence-electron chi connectivity index (χ4n) is 3.40. The molecule has 4 aromatic carbocycles. The van der Waals surface area contributed by atoms with Crippen LogP contribution in [-0.2, 0) is 0 Å². The molecule has 0 aromatic heterocycles. The molecule has 27 heavy (non-hydrogen) atoms. The third-order valence-corrected chi connectivity index (χ3v) is 7.15. The van der Waals surface area contributed by atoms with E-state index in [2.05, 4.69) is 116 Å². The van der Waals surface area contributed by atoms with Crippen LogP contribution in [0, 0.1) is 0 Å². The van der Waals surface area contributed by atoms with E-state index in [0.29, 0.717) is 0 Å². The standard InChI is InChI=1S/C26H21P/c1-2-21-13-9-10-18-24(21)25-19-11-12-20-26(25)27(22-14-5-3-6-15-22)23-16-7-4-8-17-23/h2-20H,1H2. The summed E-state index contributed by atoms with van der Waals surface area (Å²) in [6, 6.07) is 39.0. The first-order valence-electron chi connectivity index (χ1n) is 9.09. The number of hydrogen-bond acceptors (Lipinski definition) is 0. The topological polar surface area (TPSA) is 0 Å². The van der Waals surface area contributed by atoms with Crippen LogP contribution in [0.3, 0.4) is 0 Å². The highest BCUT2D eigenvalue weighted by atomic mass is 31.1. The van der Waals surface area contributed by atoms with Crippen LogP contribution in [0.2, 0.25) is 0 Å². The van der Waals surface area contributed by atoms with Gasteiger partial charge in [0.1, 0.15) is 0 Å². The molecule has 0 saturated carbocycles. The Balaban J connectivity index is 1.96. The van der Waals surface area contributed by atoms with Crippen molar-refractivity contribution in [2.24, 2.45) is 0 Å². The Hall–Kier alpha value is -2.95. The smallest absolute Gasteiger partial charge is 0.00724 e. The van der Waals surface area contributed by atoms with Crippen LogP contribution in [0.1, 0.15) is 5.56 Å². The van der Waals surface area contributed by atoms with Gasteiger partial charge in [0.05, 0.1) is 0 Å². The van der Waals surface area contributed by atoms with Crippen LogP contribution in [0.15, 0.2) is 116 Å². The first-order chi connectivity index (χ1) is 13.4. The van der Waals surface area contributed by atoms with E-state index in [1.54, 1.807) is 0 Å². The maximum Gasteiger partial charge on any atom is -0.00724 e. The number of hydrogen-bond donors (Lipinski definition) is 0. The molecule has 0 radical (unpaired) electrons. The van der Waals surface area contributed by atoms with Crippen molar-refractivity contribution in [3.05, 3.63) is 121 Å². The van der Waals surface area contributed by atoms with Gasteiger partial charge in [0, 0.05) is 0 Å². The molecule has 0 aliphatic heterocycles. The average molecular weight is 364 g/mol. The van der Waals surface area contributed by atoms with Crippen molar-refractivity contribution in [1.82, 2.24) is 0 Å². The van der Waals surface area contributed by atoms with E-state index < -0.39 is 7.92 Å². The molecule has 0 aliphatic rings. The predicted molar refractivity (Wildman–Crippen MR) is 121 cm³/mol. The first-order valence-corrected chi connectivity index (χ1v) is 10.4. The second-order valence-electron chi connectivity index (χ2n) is 6.32. The molecule has 0 spiro atoms. The van der Waals surface area contributed by atoms with E-state index in [-0.39, 0.29) is 0 Å². The van der Waals surface area contributed by atoms with Crippen molar-refractivity contribution >= 4 is 29.9 Å². The molecule has 0 heterocycles. The lowest BCUT2D eigenvalue weighted by atomic mass is 10.00. The molecule has 0 unspecified atom stereocenters. The largest absolute Gasteiger partial charge is 0.0984 e. The highest BCUT2D eigenvalue weighted by Crippen LogP contribution is 2.37. The van der Waals surface area contributed by atoms with E-state index in [0.717, 1.165) is 0 Å². The summed E-state index contributed by atoms with van der Waals surface area (Å²) in [5.74, 6) is 0. The molecule has 0 bridgehead atoms. The molecule has 0 nitrogen and oxygen atoms in total. The van der Waals surface area contributed by atoms with Gasteiger partial charge in [0.2, 0.25) is 0 Å². The monoisotopic (exact) mass is 364 g/mol. The second-order valence-corrected chi connectivity index (χ2v) is 8.50. The fourth-order valence-corrected chi connectivity index (χ4v) is 5.86. The Morgan fingerprint density at radius 2 is 1.00 bits per heavy atom. The summed E-state index contributed by atoms with van der Waals surface area (Å²) in [6.07, 6.45) is 1.94. The van der Waals surface area contributed by atoms with Crippen LogP contribution in [0.25, 0.3) is 17.2 Å². The van der Waals surface area contributed by atoms with Crippen molar-refractivity contribution in [2.45, 2.75) is 0 Å². The van der Waals surface area contributed by atoms with Crippen LogP contribution in [-0.4, -0.2) is 0 Å². The highest BCUT2D eigenvalue weighted by Gasteiger charge is 2.20. The summed E-state index contributed by atoms with van der Waals surface area (Å²) in [5, 5.41) is 4.10. The van der Waals surface area contributed by atoms with Crippen molar-refractivity contribution in [2.75, 3.05) is 0 Å². The van der Waals surface area contributed by atoms with E-state index in [1.165, 1.54) is 32.6 Å². The zero-order chi connectivity index (χ0) is 18.5. The summed E-state index contributed by atoms with van der Waals surface area (Å²) in [7, 11) is -0.642. The van der Waals surface area contributed by atoms with Crippen molar-refractivity contribution in [1.29, 1.82) is 0 Å². The third kappa shape index (κ3) is 3.63. The lowest BCUT2D eigenvalue weighted by molar-refractivity contribution is 1.61. The van der Waals surface area contributed by atoms with Crippen LogP contribution in [0.5, 0.6) is 0 Å². The Kier molecular flexibility index (Phi) is 5.28. The Morgan fingerprint density at radius 3 is 1.59 bits per heavy atom. The van der Waals surface area contributed by atoms with Crippen LogP contribution < -0.4 is 15.9 Å². The molecule has 0 atom stereocenters. The Labute approximate surface area is 162 Å². The molecule has 0 aliphatic carbocycles. The highest BCUT2D eigenvalue weighted by molar-refractivity contribution is 7.80. The first kappa shape index (κ1) is 17.5. The van der Waals surface area contributed by atoms with Crippen LogP contribution >= 0.6 is 7.92 Å². The lowest BCUT2D eigenvalue weighted by Crippen LogP contribution is -2.22. The fraction of sp³-hybridized carbons (Fsp3) is 0. The third-order valence-electron chi connectivity index (χ3n) is 4.64. The lowest BCUT2D eigenvalue weighted by Gasteiger charge is -2.23. The van der Waals surface area contributed by atoms with Gasteiger partial charge in [0.15, 0.2) is 0 Å². The van der Waals surface area contributed by atoms with Gasteiger partial charge >= 0.3 is 0 Å². The molecule has 0 fully saturated rings. The predicted octanol–water partition coefficient (Wildman–Crippen LogP) is 5.75. The van der Waals surface area contributed by atoms with E-state index in [1.807, 2.05) is 6.08 Å². The van der Waals surface area contributed by atoms with Gasteiger partial charge < -0.3 is 0 Å². The van der Waals surface area contributed by atoms with Gasteiger partial charge in [-0.25, -0.2) is 0 Å².